The van der Waals surface area contributed by atoms with Crippen LogP contribution in [0, 0.1) is 11.3 Å². The zero-order chi connectivity index (χ0) is 10.6. The van der Waals surface area contributed by atoms with Crippen LogP contribution >= 0.6 is 0 Å². The van der Waals surface area contributed by atoms with Crippen molar-refractivity contribution in [1.82, 2.24) is 14.7 Å². The average molecular weight is 192 g/mol. The van der Waals surface area contributed by atoms with Crippen LogP contribution in [0.15, 0.2) is 6.07 Å². The van der Waals surface area contributed by atoms with Gasteiger partial charge in [-0.2, -0.15) is 10.4 Å². The van der Waals surface area contributed by atoms with Crippen LogP contribution in [-0.2, 0) is 13.1 Å². The minimum Gasteiger partial charge on any atom is -0.299 e. The highest BCUT2D eigenvalue weighted by atomic mass is 15.3. The molecule has 0 saturated carbocycles. The summed E-state index contributed by atoms with van der Waals surface area (Å²) >= 11 is 0. The number of rotatable bonds is 0. The van der Waals surface area contributed by atoms with E-state index in [4.69, 9.17) is 5.26 Å². The second kappa shape index (κ2) is 4.77. The minimum atomic E-state index is 0.528. The molecule has 4 nitrogen and oxygen atoms in total. The average Bonchev–Trinajstić information content (AvgIpc) is 2.62. The molecule has 0 radical (unpaired) electrons. The Hall–Kier alpha value is -1.34. The first-order valence-corrected chi connectivity index (χ1v) is 4.95. The molecule has 1 aromatic rings. The minimum absolute atomic E-state index is 0.528. The first kappa shape index (κ1) is 10.7. The van der Waals surface area contributed by atoms with Crippen LogP contribution in [0.25, 0.3) is 0 Å². The van der Waals surface area contributed by atoms with Gasteiger partial charge in [-0.15, -0.1) is 0 Å². The molecule has 0 aliphatic carbocycles. The predicted octanol–water partition coefficient (Wildman–Crippen LogP) is 1.23. The molecule has 14 heavy (non-hydrogen) atoms. The molecule has 0 fully saturated rings. The van der Waals surface area contributed by atoms with Gasteiger partial charge in [0.1, 0.15) is 6.07 Å². The zero-order valence-corrected chi connectivity index (χ0v) is 8.99. The second-order valence-electron chi connectivity index (χ2n) is 3.09. The third-order valence-corrected chi connectivity index (χ3v) is 2.10. The van der Waals surface area contributed by atoms with Crippen LogP contribution in [-0.4, -0.2) is 28.3 Å². The zero-order valence-electron chi connectivity index (χ0n) is 8.99. The van der Waals surface area contributed by atoms with Crippen molar-refractivity contribution >= 4 is 0 Å². The number of hydrogen-bond donors (Lipinski definition) is 0. The van der Waals surface area contributed by atoms with Crippen LogP contribution in [0.1, 0.15) is 25.2 Å². The summed E-state index contributed by atoms with van der Waals surface area (Å²) in [7, 11) is 2.07. The lowest BCUT2D eigenvalue weighted by molar-refractivity contribution is 0.259. The molecule has 1 aliphatic rings. The number of likely N-dealkylation sites (N-methyl/N-ethyl adjacent to an activating group) is 1. The van der Waals surface area contributed by atoms with E-state index in [1.165, 1.54) is 0 Å². The number of nitriles is 1. The lowest BCUT2D eigenvalue weighted by atomic mass is 10.3. The SMILES string of the molecule is CC.CN1CCn2nc(C#N)cc2C1. The topological polar surface area (TPSA) is 44.9 Å². The predicted molar refractivity (Wildman–Crippen MR) is 54.6 cm³/mol. The molecule has 0 amide bonds. The van der Waals surface area contributed by atoms with Gasteiger partial charge >= 0.3 is 0 Å². The molecule has 0 aromatic carbocycles. The fraction of sp³-hybridized carbons (Fsp3) is 0.600. The van der Waals surface area contributed by atoms with Crippen molar-refractivity contribution in [3.63, 3.8) is 0 Å². The number of fused-ring (bicyclic) bond motifs is 1. The fourth-order valence-electron chi connectivity index (χ4n) is 1.45. The molecule has 76 valence electrons. The van der Waals surface area contributed by atoms with Gasteiger partial charge in [-0.3, -0.25) is 9.58 Å². The number of hydrogen-bond acceptors (Lipinski definition) is 3. The molecule has 2 heterocycles. The maximum absolute atomic E-state index is 8.61. The van der Waals surface area contributed by atoms with Crippen LogP contribution in [0.2, 0.25) is 0 Å². The Morgan fingerprint density at radius 2 is 2.14 bits per heavy atom. The van der Waals surface area contributed by atoms with Crippen molar-refractivity contribution in [2.24, 2.45) is 0 Å². The summed E-state index contributed by atoms with van der Waals surface area (Å²) in [5.74, 6) is 0. The molecule has 0 spiro atoms. The molecule has 2 rings (SSSR count). The van der Waals surface area contributed by atoms with Gasteiger partial charge in [-0.05, 0) is 13.1 Å². The third-order valence-electron chi connectivity index (χ3n) is 2.10. The van der Waals surface area contributed by atoms with Crippen LogP contribution in [0.5, 0.6) is 0 Å². The molecule has 4 heteroatoms. The summed E-state index contributed by atoms with van der Waals surface area (Å²) in [4.78, 5) is 2.22. The van der Waals surface area contributed by atoms with Crippen LogP contribution in [0.3, 0.4) is 0 Å². The normalized spacial score (nSPS) is 15.0. The van der Waals surface area contributed by atoms with Crippen LogP contribution in [0.4, 0.5) is 0 Å². The summed E-state index contributed by atoms with van der Waals surface area (Å²) in [6.45, 7) is 6.81. The van der Waals surface area contributed by atoms with E-state index in [-0.39, 0.29) is 0 Å². The van der Waals surface area contributed by atoms with E-state index in [0.29, 0.717) is 5.69 Å². The Morgan fingerprint density at radius 1 is 1.43 bits per heavy atom. The van der Waals surface area contributed by atoms with Crippen molar-refractivity contribution in [2.45, 2.75) is 26.9 Å². The van der Waals surface area contributed by atoms with E-state index in [9.17, 15) is 0 Å². The summed E-state index contributed by atoms with van der Waals surface area (Å²) in [6, 6.07) is 3.91. The Labute approximate surface area is 84.7 Å². The summed E-state index contributed by atoms with van der Waals surface area (Å²) in [5.41, 5.74) is 1.67. The fourth-order valence-corrected chi connectivity index (χ4v) is 1.45. The highest BCUT2D eigenvalue weighted by Crippen LogP contribution is 2.10. The Kier molecular flexibility index (Phi) is 3.66. The van der Waals surface area contributed by atoms with Gasteiger partial charge in [0.05, 0.1) is 12.2 Å². The van der Waals surface area contributed by atoms with E-state index in [0.717, 1.165) is 25.3 Å². The molecular weight excluding hydrogens is 176 g/mol. The Balaban J connectivity index is 0.000000461. The smallest absolute Gasteiger partial charge is 0.162 e. The molecule has 0 atom stereocenters. The summed E-state index contributed by atoms with van der Waals surface area (Å²) < 4.78 is 1.92. The van der Waals surface area contributed by atoms with E-state index in [2.05, 4.69) is 17.0 Å². The maximum Gasteiger partial charge on any atom is 0.162 e. The Morgan fingerprint density at radius 3 is 2.79 bits per heavy atom. The highest BCUT2D eigenvalue weighted by Gasteiger charge is 2.14. The summed E-state index contributed by atoms with van der Waals surface area (Å²) in [6.07, 6.45) is 0. The molecule has 0 bridgehead atoms. The first-order valence-electron chi connectivity index (χ1n) is 4.95. The van der Waals surface area contributed by atoms with Gasteiger partial charge in [0, 0.05) is 13.1 Å². The van der Waals surface area contributed by atoms with Gasteiger partial charge < -0.3 is 0 Å². The van der Waals surface area contributed by atoms with Crippen molar-refractivity contribution in [1.29, 1.82) is 5.26 Å². The van der Waals surface area contributed by atoms with Gasteiger partial charge in [0.15, 0.2) is 5.69 Å². The van der Waals surface area contributed by atoms with Crippen molar-refractivity contribution in [3.8, 4) is 6.07 Å². The van der Waals surface area contributed by atoms with Crippen molar-refractivity contribution in [2.75, 3.05) is 13.6 Å². The lowest BCUT2D eigenvalue weighted by Crippen LogP contribution is -2.30. The Bertz CT molecular complexity index is 334. The van der Waals surface area contributed by atoms with Gasteiger partial charge in [-0.1, -0.05) is 13.8 Å². The second-order valence-corrected chi connectivity index (χ2v) is 3.09. The van der Waals surface area contributed by atoms with Gasteiger partial charge in [0.25, 0.3) is 0 Å². The molecule has 0 saturated heterocycles. The molecule has 0 N–H and O–H groups in total. The van der Waals surface area contributed by atoms with E-state index in [1.807, 2.05) is 30.7 Å². The molecule has 0 unspecified atom stereocenters. The quantitative estimate of drug-likeness (QED) is 0.621. The molecule has 1 aromatic heterocycles. The highest BCUT2D eigenvalue weighted by molar-refractivity contribution is 5.23. The molecule has 1 aliphatic heterocycles. The first-order chi connectivity index (χ1) is 6.79. The van der Waals surface area contributed by atoms with Crippen molar-refractivity contribution < 1.29 is 0 Å². The standard InChI is InChI=1S/C8H10N4.C2H6/c1-11-2-3-12-8(6-11)4-7(5-9)10-12;1-2/h4H,2-3,6H2,1H3;1-2H3. The van der Waals surface area contributed by atoms with Gasteiger partial charge in [0.2, 0.25) is 0 Å². The van der Waals surface area contributed by atoms with Gasteiger partial charge in [-0.25, -0.2) is 0 Å². The van der Waals surface area contributed by atoms with Crippen molar-refractivity contribution in [3.05, 3.63) is 17.5 Å². The van der Waals surface area contributed by atoms with E-state index in [1.54, 1.807) is 0 Å². The third kappa shape index (κ3) is 2.12. The van der Waals surface area contributed by atoms with E-state index < -0.39 is 0 Å². The number of nitrogens with zero attached hydrogens (tertiary/aromatic N) is 4. The maximum atomic E-state index is 8.61. The summed E-state index contributed by atoms with van der Waals surface area (Å²) in [5, 5.41) is 12.7. The molecular formula is C10H16N4. The van der Waals surface area contributed by atoms with E-state index >= 15 is 0 Å². The lowest BCUT2D eigenvalue weighted by Gasteiger charge is -2.22. The van der Waals surface area contributed by atoms with Crippen LogP contribution < -0.4 is 0 Å². The number of aromatic nitrogens is 2. The largest absolute Gasteiger partial charge is 0.299 e. The monoisotopic (exact) mass is 192 g/mol.